The van der Waals surface area contributed by atoms with Gasteiger partial charge in [0.2, 0.25) is 5.91 Å². The summed E-state index contributed by atoms with van der Waals surface area (Å²) in [6.45, 7) is 4.57. The third-order valence-corrected chi connectivity index (χ3v) is 3.67. The lowest BCUT2D eigenvalue weighted by molar-refractivity contribution is -0.136. The molecule has 4 N–H and O–H groups in total. The van der Waals surface area contributed by atoms with Crippen LogP contribution in [0.1, 0.15) is 16.8 Å². The number of morpholine rings is 1. The van der Waals surface area contributed by atoms with Crippen molar-refractivity contribution < 1.29 is 19.1 Å². The van der Waals surface area contributed by atoms with Gasteiger partial charge in [0.1, 0.15) is 0 Å². The van der Waals surface area contributed by atoms with Gasteiger partial charge < -0.3 is 21.1 Å². The fraction of sp³-hybridized carbons (Fsp3) is 0.438. The number of carbonyl (C=O) groups is 3. The lowest BCUT2D eigenvalue weighted by atomic mass is 10.2. The van der Waals surface area contributed by atoms with Gasteiger partial charge in [0.15, 0.2) is 0 Å². The highest BCUT2D eigenvalue weighted by Crippen LogP contribution is 2.08. The Balaban J connectivity index is 1.67. The highest BCUT2D eigenvalue weighted by atomic mass is 16.5. The maximum atomic E-state index is 11.8. The van der Waals surface area contributed by atoms with E-state index < -0.39 is 17.7 Å². The van der Waals surface area contributed by atoms with Gasteiger partial charge in [0.05, 0.1) is 13.2 Å². The number of carbonyl (C=O) groups excluding carboxylic acids is 3. The number of benzene rings is 1. The average molecular weight is 334 g/mol. The highest BCUT2D eigenvalue weighted by Gasteiger charge is 2.14. The van der Waals surface area contributed by atoms with E-state index in [1.807, 2.05) is 0 Å². The minimum Gasteiger partial charge on any atom is -0.379 e. The van der Waals surface area contributed by atoms with Gasteiger partial charge in [-0.15, -0.1) is 0 Å². The van der Waals surface area contributed by atoms with Crippen LogP contribution in [0.5, 0.6) is 0 Å². The van der Waals surface area contributed by atoms with Gasteiger partial charge in [-0.25, -0.2) is 0 Å². The van der Waals surface area contributed by atoms with Crippen molar-refractivity contribution in [1.29, 1.82) is 0 Å². The molecule has 0 atom stereocenters. The second-order valence-corrected chi connectivity index (χ2v) is 5.46. The predicted molar refractivity (Wildman–Crippen MR) is 88.5 cm³/mol. The van der Waals surface area contributed by atoms with Gasteiger partial charge in [-0.1, -0.05) is 0 Å². The standard InChI is InChI=1S/C16H22N4O4/c17-14(21)12-2-4-13(5-3-12)19-16(23)15(22)18-6-1-7-20-8-10-24-11-9-20/h2-5H,1,6-11H2,(H2,17,21)(H,18,22)(H,19,23). The van der Waals surface area contributed by atoms with Crippen LogP contribution in [0.3, 0.4) is 0 Å². The molecule has 3 amide bonds. The Morgan fingerprint density at radius 2 is 1.75 bits per heavy atom. The summed E-state index contributed by atoms with van der Waals surface area (Å²) in [5.74, 6) is -1.98. The van der Waals surface area contributed by atoms with Crippen LogP contribution in [-0.2, 0) is 14.3 Å². The Bertz CT molecular complexity index is 582. The first-order chi connectivity index (χ1) is 11.6. The van der Waals surface area contributed by atoms with Crippen molar-refractivity contribution in [1.82, 2.24) is 10.2 Å². The molecular weight excluding hydrogens is 312 g/mol. The summed E-state index contributed by atoms with van der Waals surface area (Å²) in [5, 5.41) is 5.06. The molecule has 1 aromatic rings. The zero-order valence-electron chi connectivity index (χ0n) is 13.4. The van der Waals surface area contributed by atoms with Crippen LogP contribution in [0.15, 0.2) is 24.3 Å². The molecule has 2 rings (SSSR count). The van der Waals surface area contributed by atoms with E-state index in [1.54, 1.807) is 0 Å². The van der Waals surface area contributed by atoms with E-state index in [4.69, 9.17) is 10.5 Å². The summed E-state index contributed by atoms with van der Waals surface area (Å²) in [7, 11) is 0. The Hall–Kier alpha value is -2.45. The second kappa shape index (κ2) is 8.99. The van der Waals surface area contributed by atoms with Crippen molar-refractivity contribution in [3.8, 4) is 0 Å². The molecule has 0 aliphatic carbocycles. The van der Waals surface area contributed by atoms with Gasteiger partial charge in [0.25, 0.3) is 0 Å². The van der Waals surface area contributed by atoms with Gasteiger partial charge in [-0.2, -0.15) is 0 Å². The summed E-state index contributed by atoms with van der Waals surface area (Å²) in [5.41, 5.74) is 5.89. The highest BCUT2D eigenvalue weighted by molar-refractivity contribution is 6.39. The van der Waals surface area contributed by atoms with Crippen LogP contribution in [0, 0.1) is 0 Å². The minimum atomic E-state index is -0.742. The Kier molecular flexibility index (Phi) is 6.71. The fourth-order valence-corrected chi connectivity index (χ4v) is 2.32. The largest absolute Gasteiger partial charge is 0.379 e. The minimum absolute atomic E-state index is 0.334. The van der Waals surface area contributed by atoms with Crippen LogP contribution in [0.4, 0.5) is 5.69 Å². The number of primary amides is 1. The zero-order chi connectivity index (χ0) is 17.4. The predicted octanol–water partition coefficient (Wildman–Crippen LogP) is -0.437. The molecule has 1 aromatic carbocycles. The number of rotatable bonds is 6. The Morgan fingerprint density at radius 1 is 1.08 bits per heavy atom. The molecule has 0 radical (unpaired) electrons. The van der Waals surface area contributed by atoms with Crippen LogP contribution < -0.4 is 16.4 Å². The van der Waals surface area contributed by atoms with Crippen LogP contribution in [0.25, 0.3) is 0 Å². The molecule has 8 nitrogen and oxygen atoms in total. The van der Waals surface area contributed by atoms with E-state index in [2.05, 4.69) is 15.5 Å². The zero-order valence-corrected chi connectivity index (χ0v) is 13.4. The number of ether oxygens (including phenoxy) is 1. The molecule has 130 valence electrons. The molecule has 0 unspecified atom stereocenters. The number of nitrogens with zero attached hydrogens (tertiary/aromatic N) is 1. The number of nitrogens with one attached hydrogen (secondary N) is 2. The number of hydrogen-bond donors (Lipinski definition) is 3. The number of hydrogen-bond acceptors (Lipinski definition) is 5. The first-order valence-electron chi connectivity index (χ1n) is 7.85. The Labute approximate surface area is 140 Å². The van der Waals surface area contributed by atoms with Crippen molar-refractivity contribution in [2.45, 2.75) is 6.42 Å². The molecule has 1 fully saturated rings. The van der Waals surface area contributed by atoms with E-state index >= 15 is 0 Å². The first kappa shape index (κ1) is 17.9. The van der Waals surface area contributed by atoms with Gasteiger partial charge in [0, 0.05) is 30.9 Å². The maximum absolute atomic E-state index is 11.8. The molecule has 0 bridgehead atoms. The summed E-state index contributed by atoms with van der Waals surface area (Å²) in [4.78, 5) is 36.8. The van der Waals surface area contributed by atoms with Crippen molar-refractivity contribution in [3.63, 3.8) is 0 Å². The van der Waals surface area contributed by atoms with Crippen LogP contribution in [-0.4, -0.2) is 62.0 Å². The number of nitrogens with two attached hydrogens (primary N) is 1. The first-order valence-corrected chi connectivity index (χ1v) is 7.85. The summed E-state index contributed by atoms with van der Waals surface area (Å²) in [6.07, 6.45) is 0.770. The third-order valence-electron chi connectivity index (χ3n) is 3.67. The molecule has 0 saturated carbocycles. The van der Waals surface area contributed by atoms with Crippen LogP contribution >= 0.6 is 0 Å². The summed E-state index contributed by atoms with van der Waals surface area (Å²) < 4.78 is 5.26. The SMILES string of the molecule is NC(=O)c1ccc(NC(=O)C(=O)NCCCN2CCOCC2)cc1. The van der Waals surface area contributed by atoms with Gasteiger partial charge >= 0.3 is 11.8 Å². The van der Waals surface area contributed by atoms with Crippen LogP contribution in [0.2, 0.25) is 0 Å². The van der Waals surface area contributed by atoms with E-state index in [-0.39, 0.29) is 0 Å². The van der Waals surface area contributed by atoms with E-state index in [0.29, 0.717) is 17.8 Å². The lowest BCUT2D eigenvalue weighted by Gasteiger charge is -2.26. The van der Waals surface area contributed by atoms with Gasteiger partial charge in [-0.3, -0.25) is 19.3 Å². The topological polar surface area (TPSA) is 114 Å². The normalized spacial score (nSPS) is 14.8. The van der Waals surface area contributed by atoms with Crippen molar-refractivity contribution >= 4 is 23.4 Å². The molecule has 1 aliphatic rings. The van der Waals surface area contributed by atoms with E-state index in [0.717, 1.165) is 39.3 Å². The average Bonchev–Trinajstić information content (AvgIpc) is 2.60. The molecular formula is C16H22N4O4. The molecule has 0 spiro atoms. The van der Waals surface area contributed by atoms with Crippen molar-refractivity contribution in [2.75, 3.05) is 44.7 Å². The Morgan fingerprint density at radius 3 is 2.38 bits per heavy atom. The molecule has 0 aromatic heterocycles. The summed E-state index contributed by atoms with van der Waals surface area (Å²) in [6, 6.07) is 6.00. The molecule has 24 heavy (non-hydrogen) atoms. The lowest BCUT2D eigenvalue weighted by Crippen LogP contribution is -2.39. The molecule has 1 aliphatic heterocycles. The molecule has 8 heteroatoms. The monoisotopic (exact) mass is 334 g/mol. The number of amides is 3. The second-order valence-electron chi connectivity index (χ2n) is 5.46. The van der Waals surface area contributed by atoms with Gasteiger partial charge in [-0.05, 0) is 37.2 Å². The van der Waals surface area contributed by atoms with Crippen molar-refractivity contribution in [3.05, 3.63) is 29.8 Å². The molecule has 1 heterocycles. The third kappa shape index (κ3) is 5.64. The summed E-state index contributed by atoms with van der Waals surface area (Å²) >= 11 is 0. The fourth-order valence-electron chi connectivity index (χ4n) is 2.32. The van der Waals surface area contributed by atoms with E-state index in [1.165, 1.54) is 24.3 Å². The number of anilines is 1. The maximum Gasteiger partial charge on any atom is 0.313 e. The smallest absolute Gasteiger partial charge is 0.313 e. The van der Waals surface area contributed by atoms with E-state index in [9.17, 15) is 14.4 Å². The molecule has 1 saturated heterocycles. The quantitative estimate of drug-likeness (QED) is 0.482. The van der Waals surface area contributed by atoms with Crippen molar-refractivity contribution in [2.24, 2.45) is 5.73 Å².